The van der Waals surface area contributed by atoms with Gasteiger partial charge in [-0.25, -0.2) is 0 Å². The molecule has 0 unspecified atom stereocenters. The maximum Gasteiger partial charge on any atom is 0.231 e. The van der Waals surface area contributed by atoms with Crippen LogP contribution in [-0.2, 0) is 11.2 Å². The highest BCUT2D eigenvalue weighted by Crippen LogP contribution is 2.35. The van der Waals surface area contributed by atoms with Gasteiger partial charge in [0.25, 0.3) is 0 Å². The second-order valence-electron chi connectivity index (χ2n) is 8.16. The molecule has 0 radical (unpaired) electrons. The summed E-state index contributed by atoms with van der Waals surface area (Å²) in [6.45, 7) is 2.08. The van der Waals surface area contributed by atoms with E-state index in [0.29, 0.717) is 41.0 Å². The molecule has 2 heterocycles. The van der Waals surface area contributed by atoms with Crippen LogP contribution in [0.15, 0.2) is 78.0 Å². The lowest BCUT2D eigenvalue weighted by molar-refractivity contribution is -0.118. The monoisotopic (exact) mass is 500 g/mol. The van der Waals surface area contributed by atoms with Crippen LogP contribution in [0, 0.1) is 0 Å². The van der Waals surface area contributed by atoms with Crippen molar-refractivity contribution in [1.29, 1.82) is 0 Å². The van der Waals surface area contributed by atoms with Crippen LogP contribution in [0.1, 0.15) is 23.1 Å². The fourth-order valence-corrected chi connectivity index (χ4v) is 4.75. The van der Waals surface area contributed by atoms with Gasteiger partial charge >= 0.3 is 0 Å². The van der Waals surface area contributed by atoms with Gasteiger partial charge in [0.05, 0.1) is 11.4 Å². The first-order chi connectivity index (χ1) is 17.6. The average Bonchev–Trinajstić information content (AvgIpc) is 3.54. The Bertz CT molecular complexity index is 1390. The van der Waals surface area contributed by atoms with E-state index in [1.807, 2.05) is 77.4 Å². The molecular weight excluding hydrogens is 476 g/mol. The van der Waals surface area contributed by atoms with Crippen LogP contribution < -0.4 is 14.8 Å². The third-order valence-electron chi connectivity index (χ3n) is 5.68. The van der Waals surface area contributed by atoms with E-state index < -0.39 is 0 Å². The largest absolute Gasteiger partial charge is 0.454 e. The van der Waals surface area contributed by atoms with E-state index in [2.05, 4.69) is 15.5 Å². The average molecular weight is 501 g/mol. The predicted octanol–water partition coefficient (Wildman–Crippen LogP) is 4.32. The third kappa shape index (κ3) is 5.26. The van der Waals surface area contributed by atoms with Gasteiger partial charge in [-0.2, -0.15) is 0 Å². The lowest BCUT2D eigenvalue weighted by Crippen LogP contribution is -2.23. The summed E-state index contributed by atoms with van der Waals surface area (Å²) in [5.41, 5.74) is 3.60. The van der Waals surface area contributed by atoms with E-state index in [1.54, 1.807) is 0 Å². The summed E-state index contributed by atoms with van der Waals surface area (Å²) in [4.78, 5) is 24.3. The molecule has 4 aromatic rings. The quantitative estimate of drug-likeness (QED) is 0.270. The van der Waals surface area contributed by atoms with Gasteiger partial charge in [-0.1, -0.05) is 66.4 Å². The number of rotatable bonds is 9. The highest BCUT2D eigenvalue weighted by atomic mass is 32.2. The molecule has 36 heavy (non-hydrogen) atoms. The molecule has 3 aromatic carbocycles. The summed E-state index contributed by atoms with van der Waals surface area (Å²) in [5.74, 6) is 2.08. The number of aromatic nitrogens is 3. The third-order valence-corrected chi connectivity index (χ3v) is 6.61. The molecule has 8 nitrogen and oxygen atoms in total. The van der Waals surface area contributed by atoms with Crippen molar-refractivity contribution in [2.24, 2.45) is 0 Å². The van der Waals surface area contributed by atoms with E-state index in [-0.39, 0.29) is 24.2 Å². The van der Waals surface area contributed by atoms with Crippen LogP contribution in [0.2, 0.25) is 0 Å². The summed E-state index contributed by atoms with van der Waals surface area (Å²) in [7, 11) is 0. The van der Waals surface area contributed by atoms with Gasteiger partial charge in [-0.05, 0) is 23.3 Å². The zero-order valence-corrected chi connectivity index (χ0v) is 20.5. The number of carbonyl (C=O) groups excluding carboxylic acids is 2. The molecule has 1 aliphatic rings. The van der Waals surface area contributed by atoms with E-state index in [4.69, 9.17) is 9.47 Å². The van der Waals surface area contributed by atoms with Crippen LogP contribution >= 0.6 is 11.8 Å². The summed E-state index contributed by atoms with van der Waals surface area (Å²) < 4.78 is 12.8. The van der Waals surface area contributed by atoms with E-state index in [9.17, 15) is 9.59 Å². The molecule has 1 aromatic heterocycles. The van der Waals surface area contributed by atoms with Gasteiger partial charge in [-0.3, -0.25) is 14.2 Å². The van der Waals surface area contributed by atoms with E-state index in [1.165, 1.54) is 18.7 Å². The SMILES string of the molecule is CC(=O)NCCc1nnc(SCC(=O)c2ccc(-c3ccccc3)cc2)n1-c1ccc2c(c1)OCO2. The first-order valence-electron chi connectivity index (χ1n) is 11.5. The van der Waals surface area contributed by atoms with Crippen molar-refractivity contribution in [3.05, 3.63) is 84.2 Å². The Balaban J connectivity index is 1.34. The number of amides is 1. The van der Waals surface area contributed by atoms with Gasteiger partial charge in [0.15, 0.2) is 22.4 Å². The summed E-state index contributed by atoms with van der Waals surface area (Å²) in [5, 5.41) is 12.0. The number of Topliss-reactive ketones (excluding diaryl/α,β-unsaturated/α-hetero) is 1. The van der Waals surface area contributed by atoms with Gasteiger partial charge in [-0.15, -0.1) is 10.2 Å². The second kappa shape index (κ2) is 10.7. The maximum absolute atomic E-state index is 13.0. The summed E-state index contributed by atoms with van der Waals surface area (Å²) in [6, 6.07) is 23.3. The molecule has 0 saturated heterocycles. The van der Waals surface area contributed by atoms with Crippen molar-refractivity contribution in [2.75, 3.05) is 19.1 Å². The van der Waals surface area contributed by atoms with Gasteiger partial charge < -0.3 is 14.8 Å². The number of nitrogens with one attached hydrogen (secondary N) is 1. The molecule has 0 aliphatic carbocycles. The lowest BCUT2D eigenvalue weighted by Gasteiger charge is -2.11. The van der Waals surface area contributed by atoms with Crippen molar-refractivity contribution in [3.63, 3.8) is 0 Å². The van der Waals surface area contributed by atoms with Crippen molar-refractivity contribution >= 4 is 23.5 Å². The molecule has 182 valence electrons. The predicted molar refractivity (Wildman–Crippen MR) is 137 cm³/mol. The van der Waals surface area contributed by atoms with Crippen LogP contribution in [0.3, 0.4) is 0 Å². The van der Waals surface area contributed by atoms with Crippen molar-refractivity contribution in [2.45, 2.75) is 18.5 Å². The highest BCUT2D eigenvalue weighted by molar-refractivity contribution is 7.99. The van der Waals surface area contributed by atoms with E-state index >= 15 is 0 Å². The highest BCUT2D eigenvalue weighted by Gasteiger charge is 2.20. The molecule has 0 atom stereocenters. The zero-order valence-electron chi connectivity index (χ0n) is 19.6. The van der Waals surface area contributed by atoms with Gasteiger partial charge in [0.1, 0.15) is 5.82 Å². The number of thioether (sulfide) groups is 1. The number of ketones is 1. The minimum absolute atomic E-state index is 0.000329. The van der Waals surface area contributed by atoms with Gasteiger partial charge in [0, 0.05) is 31.5 Å². The molecule has 0 saturated carbocycles. The van der Waals surface area contributed by atoms with Crippen LogP contribution in [0.4, 0.5) is 0 Å². The standard InChI is InChI=1S/C27H24N4O4S/c1-18(32)28-14-13-26-29-30-27(31(26)22-11-12-24-25(15-22)35-17-34-24)36-16-23(33)21-9-7-20(8-10-21)19-5-3-2-4-6-19/h2-12,15H,13-14,16-17H2,1H3,(H,28,32). The second-order valence-corrected chi connectivity index (χ2v) is 9.10. The number of carbonyl (C=O) groups is 2. The van der Waals surface area contributed by atoms with Gasteiger partial charge in [0.2, 0.25) is 12.7 Å². The topological polar surface area (TPSA) is 95.3 Å². The van der Waals surface area contributed by atoms with Crippen molar-refractivity contribution in [1.82, 2.24) is 20.1 Å². The summed E-state index contributed by atoms with van der Waals surface area (Å²) >= 11 is 1.32. The van der Waals surface area contributed by atoms with Crippen molar-refractivity contribution < 1.29 is 19.1 Å². The Morgan fingerprint density at radius 2 is 1.69 bits per heavy atom. The number of nitrogens with zero attached hydrogens (tertiary/aromatic N) is 3. The maximum atomic E-state index is 13.0. The van der Waals surface area contributed by atoms with Crippen LogP contribution in [-0.4, -0.2) is 45.5 Å². The number of fused-ring (bicyclic) bond motifs is 1. The number of hydrogen-bond donors (Lipinski definition) is 1. The molecule has 5 rings (SSSR count). The molecular formula is C27H24N4O4S. The minimum atomic E-state index is -0.109. The van der Waals surface area contributed by atoms with Crippen LogP contribution in [0.5, 0.6) is 11.5 Å². The Morgan fingerprint density at radius 1 is 0.944 bits per heavy atom. The smallest absolute Gasteiger partial charge is 0.231 e. The molecule has 0 fully saturated rings. The molecule has 9 heteroatoms. The first-order valence-corrected chi connectivity index (χ1v) is 12.5. The normalized spacial score (nSPS) is 11.9. The molecule has 0 bridgehead atoms. The number of ether oxygens (including phenoxy) is 2. The molecule has 1 amide bonds. The molecule has 0 spiro atoms. The fourth-order valence-electron chi connectivity index (χ4n) is 3.88. The fraction of sp³-hybridized carbons (Fsp3) is 0.185. The minimum Gasteiger partial charge on any atom is -0.454 e. The van der Waals surface area contributed by atoms with E-state index in [0.717, 1.165) is 16.8 Å². The van der Waals surface area contributed by atoms with Crippen molar-refractivity contribution in [3.8, 4) is 28.3 Å². The first kappa shape index (κ1) is 23.6. The Kier molecular flexibility index (Phi) is 6.99. The Morgan fingerprint density at radius 3 is 2.47 bits per heavy atom. The summed E-state index contributed by atoms with van der Waals surface area (Å²) in [6.07, 6.45) is 0.483. The molecule has 1 N–H and O–H groups in total. The number of hydrogen-bond acceptors (Lipinski definition) is 7. The Hall–Kier alpha value is -4.11. The zero-order chi connectivity index (χ0) is 24.9. The number of benzene rings is 3. The lowest BCUT2D eigenvalue weighted by atomic mass is 10.0. The Labute approximate surface area is 212 Å². The van der Waals surface area contributed by atoms with Crippen LogP contribution in [0.25, 0.3) is 16.8 Å². The molecule has 1 aliphatic heterocycles.